The first-order valence-corrected chi connectivity index (χ1v) is 7.96. The molecule has 0 spiro atoms. The number of fused-ring (bicyclic) bond motifs is 1. The van der Waals surface area contributed by atoms with E-state index in [0.29, 0.717) is 5.92 Å². The lowest BCUT2D eigenvalue weighted by atomic mass is 9.97. The van der Waals surface area contributed by atoms with Gasteiger partial charge in [0.15, 0.2) is 0 Å². The Labute approximate surface area is 130 Å². The molecule has 4 heterocycles. The van der Waals surface area contributed by atoms with Crippen LogP contribution >= 0.6 is 0 Å². The van der Waals surface area contributed by atoms with Crippen LogP contribution < -0.4 is 4.90 Å². The Bertz CT molecular complexity index is 764. The Morgan fingerprint density at radius 3 is 2.86 bits per heavy atom. The van der Waals surface area contributed by atoms with Crippen molar-refractivity contribution in [1.29, 1.82) is 0 Å². The second-order valence-electron chi connectivity index (χ2n) is 6.26. The number of nitrogens with one attached hydrogen (secondary N) is 1. The monoisotopic (exact) mass is 295 g/mol. The third-order valence-corrected chi connectivity index (χ3v) is 4.54. The summed E-state index contributed by atoms with van der Waals surface area (Å²) in [5, 5.41) is 5.58. The summed E-state index contributed by atoms with van der Waals surface area (Å²) in [5.74, 6) is 1.80. The van der Waals surface area contributed by atoms with Gasteiger partial charge < -0.3 is 9.88 Å². The summed E-state index contributed by atoms with van der Waals surface area (Å²) in [6.07, 6.45) is 8.41. The number of nitrogens with zero attached hydrogens (tertiary/aromatic N) is 4. The van der Waals surface area contributed by atoms with E-state index >= 15 is 0 Å². The molecule has 0 amide bonds. The van der Waals surface area contributed by atoms with Gasteiger partial charge >= 0.3 is 0 Å². The van der Waals surface area contributed by atoms with Crippen molar-refractivity contribution < 1.29 is 0 Å². The summed E-state index contributed by atoms with van der Waals surface area (Å²) >= 11 is 0. The summed E-state index contributed by atoms with van der Waals surface area (Å²) in [7, 11) is 0. The lowest BCUT2D eigenvalue weighted by molar-refractivity contribution is 0.341. The Morgan fingerprint density at radius 2 is 2.09 bits per heavy atom. The normalized spacial score (nSPS) is 16.5. The Morgan fingerprint density at radius 1 is 1.23 bits per heavy atom. The number of aromatic nitrogens is 4. The number of hydrogen-bond donors (Lipinski definition) is 1. The van der Waals surface area contributed by atoms with Gasteiger partial charge in [-0.1, -0.05) is 0 Å². The fourth-order valence-corrected chi connectivity index (χ4v) is 3.27. The van der Waals surface area contributed by atoms with Crippen LogP contribution in [0, 0.1) is 12.8 Å². The first-order chi connectivity index (χ1) is 10.8. The Balaban J connectivity index is 1.40. The van der Waals surface area contributed by atoms with Crippen molar-refractivity contribution in [2.24, 2.45) is 5.92 Å². The highest BCUT2D eigenvalue weighted by atomic mass is 15.3. The maximum absolute atomic E-state index is 4.72. The molecule has 0 unspecified atom stereocenters. The van der Waals surface area contributed by atoms with Crippen LogP contribution in [0.15, 0.2) is 36.8 Å². The highest BCUT2D eigenvalue weighted by Crippen LogP contribution is 2.24. The molecule has 4 rings (SSSR count). The van der Waals surface area contributed by atoms with E-state index in [1.807, 2.05) is 12.4 Å². The van der Waals surface area contributed by atoms with Crippen LogP contribution in [0.25, 0.3) is 11.0 Å². The van der Waals surface area contributed by atoms with Gasteiger partial charge in [-0.3, -0.25) is 4.68 Å². The molecule has 0 saturated carbocycles. The second kappa shape index (κ2) is 5.48. The molecule has 0 bridgehead atoms. The Kier molecular flexibility index (Phi) is 3.33. The molecule has 1 aliphatic rings. The summed E-state index contributed by atoms with van der Waals surface area (Å²) in [6, 6.07) is 6.34. The number of piperidine rings is 1. The minimum atomic E-state index is 0.713. The minimum Gasteiger partial charge on any atom is -0.357 e. The van der Waals surface area contributed by atoms with Crippen LogP contribution in [0.1, 0.15) is 18.4 Å². The summed E-state index contributed by atoms with van der Waals surface area (Å²) in [4.78, 5) is 10.3. The number of pyridine rings is 1. The maximum atomic E-state index is 4.72. The zero-order valence-corrected chi connectivity index (χ0v) is 12.9. The fraction of sp³-hybridized carbons (Fsp3) is 0.412. The van der Waals surface area contributed by atoms with E-state index in [4.69, 9.17) is 4.98 Å². The summed E-state index contributed by atoms with van der Waals surface area (Å²) in [6.45, 7) is 5.27. The molecule has 5 nitrogen and oxygen atoms in total. The molecule has 0 aliphatic carbocycles. The molecule has 0 radical (unpaired) electrons. The van der Waals surface area contributed by atoms with Crippen LogP contribution in [-0.4, -0.2) is 32.8 Å². The minimum absolute atomic E-state index is 0.713. The van der Waals surface area contributed by atoms with Gasteiger partial charge in [0.25, 0.3) is 0 Å². The molecule has 1 aliphatic heterocycles. The fourth-order valence-electron chi connectivity index (χ4n) is 3.27. The van der Waals surface area contributed by atoms with Crippen molar-refractivity contribution in [3.05, 3.63) is 42.4 Å². The molecule has 5 heteroatoms. The lowest BCUT2D eigenvalue weighted by Gasteiger charge is -2.32. The van der Waals surface area contributed by atoms with Crippen LogP contribution in [0.2, 0.25) is 0 Å². The third kappa shape index (κ3) is 2.58. The van der Waals surface area contributed by atoms with Gasteiger partial charge in [0.05, 0.1) is 6.20 Å². The maximum Gasteiger partial charge on any atom is 0.139 e. The van der Waals surface area contributed by atoms with E-state index in [0.717, 1.165) is 31.1 Å². The van der Waals surface area contributed by atoms with Crippen LogP contribution in [0.4, 0.5) is 5.82 Å². The SMILES string of the molecule is Cc1cnn(CC2CCN(c3ccc4cc[nH]c4n3)CC2)c1. The largest absolute Gasteiger partial charge is 0.357 e. The number of anilines is 1. The predicted octanol–water partition coefficient (Wildman–Crippen LogP) is 2.98. The number of rotatable bonds is 3. The zero-order chi connectivity index (χ0) is 14.9. The van der Waals surface area contributed by atoms with Crippen LogP contribution in [0.5, 0.6) is 0 Å². The average molecular weight is 295 g/mol. The van der Waals surface area contributed by atoms with Gasteiger partial charge in [-0.05, 0) is 49.4 Å². The first-order valence-electron chi connectivity index (χ1n) is 7.96. The molecule has 0 atom stereocenters. The lowest BCUT2D eigenvalue weighted by Crippen LogP contribution is -2.35. The van der Waals surface area contributed by atoms with Crippen molar-refractivity contribution in [2.45, 2.75) is 26.3 Å². The smallest absolute Gasteiger partial charge is 0.139 e. The quantitative estimate of drug-likeness (QED) is 0.808. The van der Waals surface area contributed by atoms with E-state index < -0.39 is 0 Å². The van der Waals surface area contributed by atoms with Gasteiger partial charge in [0.2, 0.25) is 0 Å². The molecule has 3 aromatic rings. The number of H-pyrrole nitrogens is 1. The zero-order valence-electron chi connectivity index (χ0n) is 12.9. The first kappa shape index (κ1) is 13.4. The van der Waals surface area contributed by atoms with Crippen molar-refractivity contribution in [3.63, 3.8) is 0 Å². The third-order valence-electron chi connectivity index (χ3n) is 4.54. The molecule has 1 N–H and O–H groups in total. The van der Waals surface area contributed by atoms with Crippen LogP contribution in [-0.2, 0) is 6.54 Å². The highest BCUT2D eigenvalue weighted by Gasteiger charge is 2.21. The number of aromatic amines is 1. The van der Waals surface area contributed by atoms with E-state index in [1.54, 1.807) is 0 Å². The topological polar surface area (TPSA) is 49.7 Å². The standard InChI is InChI=1S/C17H21N5/c1-13-10-19-22(11-13)12-14-5-8-21(9-6-14)16-3-2-15-4-7-18-17(15)20-16/h2-4,7,10-11,14H,5-6,8-9,12H2,1H3,(H,18,20). The molecule has 0 aromatic carbocycles. The van der Waals surface area contributed by atoms with Crippen molar-refractivity contribution in [3.8, 4) is 0 Å². The van der Waals surface area contributed by atoms with E-state index in [-0.39, 0.29) is 0 Å². The highest BCUT2D eigenvalue weighted by molar-refractivity contribution is 5.77. The van der Waals surface area contributed by atoms with Crippen LogP contribution in [0.3, 0.4) is 0 Å². The molecular formula is C17H21N5. The van der Waals surface area contributed by atoms with Crippen molar-refractivity contribution in [2.75, 3.05) is 18.0 Å². The summed E-state index contributed by atoms with van der Waals surface area (Å²) < 4.78 is 2.08. The molecular weight excluding hydrogens is 274 g/mol. The molecule has 3 aromatic heterocycles. The van der Waals surface area contributed by atoms with Gasteiger partial charge in [0, 0.05) is 37.4 Å². The van der Waals surface area contributed by atoms with E-state index in [1.165, 1.54) is 23.8 Å². The Hall–Kier alpha value is -2.30. The molecule has 1 saturated heterocycles. The molecule has 114 valence electrons. The number of aryl methyl sites for hydroxylation is 1. The van der Waals surface area contributed by atoms with E-state index in [9.17, 15) is 0 Å². The molecule has 22 heavy (non-hydrogen) atoms. The van der Waals surface area contributed by atoms with Gasteiger partial charge in [-0.15, -0.1) is 0 Å². The van der Waals surface area contributed by atoms with E-state index in [2.05, 4.69) is 51.0 Å². The second-order valence-corrected chi connectivity index (χ2v) is 6.26. The predicted molar refractivity (Wildman–Crippen MR) is 88.0 cm³/mol. The van der Waals surface area contributed by atoms with Gasteiger partial charge in [-0.2, -0.15) is 5.10 Å². The summed E-state index contributed by atoms with van der Waals surface area (Å²) in [5.41, 5.74) is 2.22. The van der Waals surface area contributed by atoms with Crippen molar-refractivity contribution in [1.82, 2.24) is 19.7 Å². The van der Waals surface area contributed by atoms with Crippen molar-refractivity contribution >= 4 is 16.9 Å². The number of hydrogen-bond acceptors (Lipinski definition) is 3. The molecule has 1 fully saturated rings. The van der Waals surface area contributed by atoms with Gasteiger partial charge in [-0.25, -0.2) is 4.98 Å². The average Bonchev–Trinajstić information content (AvgIpc) is 3.16. The van der Waals surface area contributed by atoms with Gasteiger partial charge in [0.1, 0.15) is 11.5 Å².